The number of aromatic nitrogens is 4. The molecule has 0 spiro atoms. The molecule has 0 aliphatic carbocycles. The highest BCUT2D eigenvalue weighted by molar-refractivity contribution is 7.85. The topological polar surface area (TPSA) is 72.7 Å². The first-order chi connectivity index (χ1) is 9.33. The third-order valence-electron chi connectivity index (χ3n) is 3.25. The quantitative estimate of drug-likeness (QED) is 0.905. The van der Waals surface area contributed by atoms with Crippen LogP contribution >= 0.6 is 0 Å². The van der Waals surface area contributed by atoms with E-state index in [0.29, 0.717) is 6.04 Å². The monoisotopic (exact) mass is 277 g/mol. The minimum atomic E-state index is -0.631. The normalized spacial score (nSPS) is 23.2. The second kappa shape index (κ2) is 5.48. The highest BCUT2D eigenvalue weighted by Gasteiger charge is 2.18. The number of hydrogen-bond donors (Lipinski definition) is 1. The minimum Gasteiger partial charge on any atom is -0.381 e. The van der Waals surface area contributed by atoms with Crippen molar-refractivity contribution < 1.29 is 4.21 Å². The summed E-state index contributed by atoms with van der Waals surface area (Å²) in [5.74, 6) is 1.56. The predicted molar refractivity (Wildman–Crippen MR) is 73.7 cm³/mol. The molecular formula is C12H15N5OS. The molecule has 6 nitrogen and oxygen atoms in total. The van der Waals surface area contributed by atoms with E-state index in [1.165, 1.54) is 0 Å². The molecule has 0 radical (unpaired) electrons. The molecule has 1 fully saturated rings. The van der Waals surface area contributed by atoms with Gasteiger partial charge in [0.15, 0.2) is 0 Å². The third kappa shape index (κ3) is 2.81. The lowest BCUT2D eigenvalue weighted by Crippen LogP contribution is -2.29. The largest absolute Gasteiger partial charge is 0.381 e. The Morgan fingerprint density at radius 2 is 2.05 bits per heavy atom. The van der Waals surface area contributed by atoms with Gasteiger partial charge in [0.2, 0.25) is 0 Å². The van der Waals surface area contributed by atoms with E-state index in [-0.39, 0.29) is 0 Å². The molecule has 3 rings (SSSR count). The Kier molecular flexibility index (Phi) is 3.54. The second-order valence-corrected chi connectivity index (χ2v) is 6.23. The fourth-order valence-electron chi connectivity index (χ4n) is 2.23. The van der Waals surface area contributed by atoms with Crippen molar-refractivity contribution >= 4 is 16.5 Å². The molecule has 1 aromatic carbocycles. The maximum absolute atomic E-state index is 11.4. The van der Waals surface area contributed by atoms with Crippen molar-refractivity contribution in [2.75, 3.05) is 16.8 Å². The first-order valence-electron chi connectivity index (χ1n) is 6.27. The fourth-order valence-corrected chi connectivity index (χ4v) is 3.52. The average Bonchev–Trinajstić information content (AvgIpc) is 2.96. The molecule has 0 unspecified atom stereocenters. The Hall–Kier alpha value is -1.76. The summed E-state index contributed by atoms with van der Waals surface area (Å²) in [6, 6.07) is 8.30. The van der Waals surface area contributed by atoms with E-state index < -0.39 is 10.8 Å². The van der Waals surface area contributed by atoms with Gasteiger partial charge < -0.3 is 5.32 Å². The highest BCUT2D eigenvalue weighted by atomic mass is 32.2. The van der Waals surface area contributed by atoms with Crippen molar-refractivity contribution in [3.63, 3.8) is 0 Å². The first-order valence-corrected chi connectivity index (χ1v) is 7.75. The molecular weight excluding hydrogens is 262 g/mol. The summed E-state index contributed by atoms with van der Waals surface area (Å²) in [6.07, 6.45) is 3.46. The number of tetrazole rings is 1. The van der Waals surface area contributed by atoms with Crippen LogP contribution in [0.4, 0.5) is 5.69 Å². The summed E-state index contributed by atoms with van der Waals surface area (Å²) in [5.41, 5.74) is 1.94. The molecule has 1 saturated heterocycles. The molecule has 2 heterocycles. The Balaban J connectivity index is 1.79. The van der Waals surface area contributed by atoms with Gasteiger partial charge in [-0.15, -0.1) is 5.10 Å². The van der Waals surface area contributed by atoms with Gasteiger partial charge in [0.1, 0.15) is 6.33 Å². The van der Waals surface area contributed by atoms with E-state index in [1.807, 2.05) is 24.3 Å². The van der Waals surface area contributed by atoms with Crippen LogP contribution in [0.1, 0.15) is 12.8 Å². The van der Waals surface area contributed by atoms with Gasteiger partial charge in [-0.25, -0.2) is 0 Å². The van der Waals surface area contributed by atoms with Gasteiger partial charge >= 0.3 is 0 Å². The van der Waals surface area contributed by atoms with E-state index in [0.717, 1.165) is 35.7 Å². The van der Waals surface area contributed by atoms with Gasteiger partial charge in [-0.05, 0) is 35.4 Å². The molecule has 100 valence electrons. The van der Waals surface area contributed by atoms with Crippen molar-refractivity contribution in [2.24, 2.45) is 0 Å². The molecule has 0 saturated carbocycles. The number of hydrogen-bond acceptors (Lipinski definition) is 5. The Morgan fingerprint density at radius 3 is 2.79 bits per heavy atom. The van der Waals surface area contributed by atoms with Gasteiger partial charge in [0.05, 0.1) is 11.4 Å². The zero-order chi connectivity index (χ0) is 13.1. The summed E-state index contributed by atoms with van der Waals surface area (Å²) in [7, 11) is -0.631. The van der Waals surface area contributed by atoms with Crippen LogP contribution in [-0.2, 0) is 10.8 Å². The molecule has 0 bridgehead atoms. The maximum atomic E-state index is 11.4. The minimum absolute atomic E-state index is 0.371. The molecule has 2 aromatic rings. The van der Waals surface area contributed by atoms with Crippen molar-refractivity contribution in [3.8, 4) is 5.69 Å². The van der Waals surface area contributed by atoms with Crippen molar-refractivity contribution in [3.05, 3.63) is 30.6 Å². The molecule has 1 N–H and O–H groups in total. The summed E-state index contributed by atoms with van der Waals surface area (Å²) >= 11 is 0. The second-order valence-electron chi connectivity index (χ2n) is 4.54. The van der Waals surface area contributed by atoms with Crippen LogP contribution in [0.5, 0.6) is 0 Å². The van der Waals surface area contributed by atoms with Crippen LogP contribution in [0.15, 0.2) is 30.6 Å². The molecule has 1 aromatic heterocycles. The number of anilines is 1. The van der Waals surface area contributed by atoms with Crippen LogP contribution in [0, 0.1) is 0 Å². The van der Waals surface area contributed by atoms with Crippen molar-refractivity contribution in [1.82, 2.24) is 20.2 Å². The number of para-hydroxylation sites is 2. The zero-order valence-corrected chi connectivity index (χ0v) is 11.2. The maximum Gasteiger partial charge on any atom is 0.143 e. The van der Waals surface area contributed by atoms with Crippen molar-refractivity contribution in [2.45, 2.75) is 18.9 Å². The van der Waals surface area contributed by atoms with Gasteiger partial charge in [-0.1, -0.05) is 12.1 Å². The van der Waals surface area contributed by atoms with Gasteiger partial charge in [0, 0.05) is 28.3 Å². The Bertz CT molecular complexity index is 561. The van der Waals surface area contributed by atoms with Crippen LogP contribution in [0.2, 0.25) is 0 Å². The molecule has 7 heteroatoms. The predicted octanol–water partition coefficient (Wildman–Crippen LogP) is 0.985. The number of nitrogens with one attached hydrogen (secondary N) is 1. The number of rotatable bonds is 3. The fraction of sp³-hybridized carbons (Fsp3) is 0.417. The van der Waals surface area contributed by atoms with E-state index >= 15 is 0 Å². The standard InChI is InChI=1S/C12H15N5OS/c18-19-7-5-10(6-8-19)14-11-3-1-2-4-12(11)17-9-13-15-16-17/h1-4,9-10,14H,5-8H2. The first kappa shape index (κ1) is 12.3. The van der Waals surface area contributed by atoms with Crippen LogP contribution < -0.4 is 5.32 Å². The molecule has 0 amide bonds. The van der Waals surface area contributed by atoms with Gasteiger partial charge in [0.25, 0.3) is 0 Å². The average molecular weight is 277 g/mol. The summed E-state index contributed by atoms with van der Waals surface area (Å²) in [4.78, 5) is 0. The highest BCUT2D eigenvalue weighted by Crippen LogP contribution is 2.22. The van der Waals surface area contributed by atoms with E-state index in [2.05, 4.69) is 20.8 Å². The molecule has 1 aliphatic heterocycles. The van der Waals surface area contributed by atoms with E-state index in [4.69, 9.17) is 0 Å². The Labute approximate surface area is 113 Å². The molecule has 19 heavy (non-hydrogen) atoms. The van der Waals surface area contributed by atoms with Crippen molar-refractivity contribution in [1.29, 1.82) is 0 Å². The lowest BCUT2D eigenvalue weighted by atomic mass is 10.1. The molecule has 0 atom stereocenters. The van der Waals surface area contributed by atoms with E-state index in [1.54, 1.807) is 11.0 Å². The number of nitrogens with zero attached hydrogens (tertiary/aromatic N) is 4. The smallest absolute Gasteiger partial charge is 0.143 e. The summed E-state index contributed by atoms with van der Waals surface area (Å²) in [5, 5.41) is 14.7. The van der Waals surface area contributed by atoms with Gasteiger partial charge in [-0.2, -0.15) is 4.68 Å². The van der Waals surface area contributed by atoms with Gasteiger partial charge in [-0.3, -0.25) is 4.21 Å². The lowest BCUT2D eigenvalue weighted by Gasteiger charge is -2.24. The van der Waals surface area contributed by atoms with Crippen LogP contribution in [-0.4, -0.2) is 42.0 Å². The summed E-state index contributed by atoms with van der Waals surface area (Å²) in [6.45, 7) is 0. The number of benzene rings is 1. The zero-order valence-electron chi connectivity index (χ0n) is 10.4. The third-order valence-corrected chi connectivity index (χ3v) is 4.63. The van der Waals surface area contributed by atoms with E-state index in [9.17, 15) is 4.21 Å². The van der Waals surface area contributed by atoms with Crippen LogP contribution in [0.3, 0.4) is 0 Å². The summed E-state index contributed by atoms with van der Waals surface area (Å²) < 4.78 is 13.0. The van der Waals surface area contributed by atoms with Crippen LogP contribution in [0.25, 0.3) is 5.69 Å². The molecule has 1 aliphatic rings. The Morgan fingerprint density at radius 1 is 1.26 bits per heavy atom. The lowest BCUT2D eigenvalue weighted by molar-refractivity contribution is 0.623. The SMILES string of the molecule is O=S1CCC(Nc2ccccc2-n2cnnn2)CC1.